The molecule has 1 atom stereocenters. The van der Waals surface area contributed by atoms with Gasteiger partial charge in [-0.15, -0.1) is 11.3 Å². The second-order valence-electron chi connectivity index (χ2n) is 5.36. The van der Waals surface area contributed by atoms with Crippen molar-refractivity contribution < 1.29 is 4.74 Å². The van der Waals surface area contributed by atoms with E-state index in [-0.39, 0.29) is 6.10 Å². The summed E-state index contributed by atoms with van der Waals surface area (Å²) in [6.07, 6.45) is 0.0609. The van der Waals surface area contributed by atoms with Crippen LogP contribution in [-0.4, -0.2) is 25.5 Å². The summed E-state index contributed by atoms with van der Waals surface area (Å²) >= 11 is 1.75. The minimum absolute atomic E-state index is 0.0609. The Morgan fingerprint density at radius 1 is 1.00 bits per heavy atom. The average molecular weight is 297 g/mol. The molecular weight excluding hydrogens is 278 g/mol. The van der Waals surface area contributed by atoms with Gasteiger partial charge in [0, 0.05) is 16.8 Å². The second-order valence-corrected chi connectivity index (χ2v) is 6.34. The number of rotatable bonds is 5. The number of ether oxygens (including phenoxy) is 1. The van der Waals surface area contributed by atoms with Gasteiger partial charge in [0.2, 0.25) is 0 Å². The molecule has 1 heterocycles. The molecular formula is C18H19NOS. The average Bonchev–Trinajstić information content (AvgIpc) is 3.01. The van der Waals surface area contributed by atoms with Crippen molar-refractivity contribution in [2.75, 3.05) is 20.6 Å². The van der Waals surface area contributed by atoms with Crippen LogP contribution in [0, 0.1) is 0 Å². The molecule has 0 radical (unpaired) electrons. The van der Waals surface area contributed by atoms with Crippen LogP contribution in [0.3, 0.4) is 0 Å². The van der Waals surface area contributed by atoms with Crippen LogP contribution in [-0.2, 0) is 0 Å². The molecule has 0 spiro atoms. The van der Waals surface area contributed by atoms with E-state index >= 15 is 0 Å². The molecule has 0 saturated carbocycles. The van der Waals surface area contributed by atoms with Crippen molar-refractivity contribution in [3.63, 3.8) is 0 Å². The Bertz CT molecular complexity index is 701. The molecule has 1 unspecified atom stereocenters. The normalized spacial score (nSPS) is 12.7. The van der Waals surface area contributed by atoms with Gasteiger partial charge in [0.25, 0.3) is 0 Å². The highest BCUT2D eigenvalue weighted by Gasteiger charge is 2.16. The maximum absolute atomic E-state index is 6.35. The zero-order valence-electron chi connectivity index (χ0n) is 12.3. The van der Waals surface area contributed by atoms with Gasteiger partial charge in [-0.1, -0.05) is 42.5 Å². The quantitative estimate of drug-likeness (QED) is 0.683. The predicted molar refractivity (Wildman–Crippen MR) is 90.2 cm³/mol. The predicted octanol–water partition coefficient (Wildman–Crippen LogP) is 4.58. The Labute approximate surface area is 129 Å². The lowest BCUT2D eigenvalue weighted by molar-refractivity contribution is 0.167. The molecule has 0 aliphatic carbocycles. The summed E-state index contributed by atoms with van der Waals surface area (Å²) in [6.45, 7) is 0.865. The van der Waals surface area contributed by atoms with Crippen LogP contribution in [0.4, 0.5) is 0 Å². The summed E-state index contributed by atoms with van der Waals surface area (Å²) in [6, 6.07) is 18.8. The molecule has 108 valence electrons. The van der Waals surface area contributed by atoms with Crippen LogP contribution in [0.2, 0.25) is 0 Å². The molecule has 3 heteroatoms. The van der Waals surface area contributed by atoms with E-state index in [1.165, 1.54) is 15.6 Å². The van der Waals surface area contributed by atoms with Crippen LogP contribution in [0.5, 0.6) is 5.75 Å². The van der Waals surface area contributed by atoms with E-state index < -0.39 is 0 Å². The number of likely N-dealkylation sites (N-methyl/N-ethyl adjacent to an activating group) is 1. The molecule has 2 nitrogen and oxygen atoms in total. The number of nitrogens with zero attached hydrogens (tertiary/aromatic N) is 1. The largest absolute Gasteiger partial charge is 0.483 e. The Kier molecular flexibility index (Phi) is 4.23. The number of thiophene rings is 1. The first-order valence-corrected chi connectivity index (χ1v) is 7.94. The third kappa shape index (κ3) is 3.26. The van der Waals surface area contributed by atoms with Gasteiger partial charge in [0.15, 0.2) is 0 Å². The molecule has 21 heavy (non-hydrogen) atoms. The van der Waals surface area contributed by atoms with Crippen LogP contribution in [0.1, 0.15) is 11.0 Å². The number of hydrogen-bond donors (Lipinski definition) is 0. The maximum Gasteiger partial charge on any atom is 0.145 e. The van der Waals surface area contributed by atoms with E-state index in [0.29, 0.717) is 0 Å². The van der Waals surface area contributed by atoms with Gasteiger partial charge in [-0.2, -0.15) is 0 Å². The lowest BCUT2D eigenvalue weighted by atomic mass is 10.1. The van der Waals surface area contributed by atoms with Crippen LogP contribution in [0.15, 0.2) is 60.0 Å². The molecule has 0 bridgehead atoms. The number of fused-ring (bicyclic) bond motifs is 1. The van der Waals surface area contributed by atoms with Crippen molar-refractivity contribution in [1.29, 1.82) is 0 Å². The summed E-state index contributed by atoms with van der Waals surface area (Å²) in [5, 5.41) is 4.48. The molecule has 0 aliphatic rings. The molecule has 1 aromatic heterocycles. The Morgan fingerprint density at radius 2 is 1.81 bits per heavy atom. The fourth-order valence-corrected chi connectivity index (χ4v) is 3.19. The summed E-state index contributed by atoms with van der Waals surface area (Å²) in [7, 11) is 4.15. The summed E-state index contributed by atoms with van der Waals surface area (Å²) in [5.41, 5.74) is 0. The van der Waals surface area contributed by atoms with E-state index in [1.54, 1.807) is 11.3 Å². The zero-order chi connectivity index (χ0) is 14.7. The van der Waals surface area contributed by atoms with E-state index in [2.05, 4.69) is 79.0 Å². The number of benzene rings is 2. The fourth-order valence-electron chi connectivity index (χ4n) is 2.44. The summed E-state index contributed by atoms with van der Waals surface area (Å²) in [4.78, 5) is 3.42. The third-order valence-electron chi connectivity index (χ3n) is 3.41. The molecule has 0 aliphatic heterocycles. The highest BCUT2D eigenvalue weighted by molar-refractivity contribution is 7.10. The molecule has 0 saturated heterocycles. The summed E-state index contributed by atoms with van der Waals surface area (Å²) < 4.78 is 6.35. The van der Waals surface area contributed by atoms with Gasteiger partial charge in [-0.3, -0.25) is 0 Å². The SMILES string of the molecule is CN(C)CC(Oc1cccc2ccccc12)c1cccs1. The second kappa shape index (κ2) is 6.29. The lowest BCUT2D eigenvalue weighted by Crippen LogP contribution is -2.23. The van der Waals surface area contributed by atoms with Crippen molar-refractivity contribution in [1.82, 2.24) is 4.90 Å². The van der Waals surface area contributed by atoms with Gasteiger partial charge in [-0.05, 0) is 37.0 Å². The smallest absolute Gasteiger partial charge is 0.145 e. The standard InChI is InChI=1S/C18H19NOS/c1-19(2)13-17(18-11-6-12-21-18)20-16-10-5-8-14-7-3-4-9-15(14)16/h3-12,17H,13H2,1-2H3. The highest BCUT2D eigenvalue weighted by atomic mass is 32.1. The Hall–Kier alpha value is -1.84. The molecule has 3 aromatic rings. The molecule has 3 rings (SSSR count). The Morgan fingerprint density at radius 3 is 2.57 bits per heavy atom. The van der Waals surface area contributed by atoms with Crippen LogP contribution >= 0.6 is 11.3 Å². The van der Waals surface area contributed by atoms with Crippen LogP contribution < -0.4 is 4.74 Å². The minimum atomic E-state index is 0.0609. The van der Waals surface area contributed by atoms with Crippen molar-refractivity contribution in [2.24, 2.45) is 0 Å². The Balaban J connectivity index is 1.94. The number of hydrogen-bond acceptors (Lipinski definition) is 3. The van der Waals surface area contributed by atoms with Gasteiger partial charge in [-0.25, -0.2) is 0 Å². The minimum Gasteiger partial charge on any atom is -0.483 e. The molecule has 0 N–H and O–H groups in total. The van der Waals surface area contributed by atoms with Gasteiger partial charge in [0.1, 0.15) is 11.9 Å². The molecule has 2 aromatic carbocycles. The van der Waals surface area contributed by atoms with Crippen molar-refractivity contribution in [3.05, 3.63) is 64.9 Å². The molecule has 0 fully saturated rings. The summed E-state index contributed by atoms with van der Waals surface area (Å²) in [5.74, 6) is 0.952. The monoisotopic (exact) mass is 297 g/mol. The molecule has 0 amide bonds. The van der Waals surface area contributed by atoms with Gasteiger partial charge in [0.05, 0.1) is 0 Å². The first kappa shape index (κ1) is 14.1. The van der Waals surface area contributed by atoms with E-state index in [9.17, 15) is 0 Å². The van der Waals surface area contributed by atoms with E-state index in [4.69, 9.17) is 4.74 Å². The van der Waals surface area contributed by atoms with Crippen molar-refractivity contribution >= 4 is 22.1 Å². The van der Waals surface area contributed by atoms with E-state index in [0.717, 1.165) is 12.3 Å². The maximum atomic E-state index is 6.35. The van der Waals surface area contributed by atoms with Crippen LogP contribution in [0.25, 0.3) is 10.8 Å². The lowest BCUT2D eigenvalue weighted by Gasteiger charge is -2.22. The van der Waals surface area contributed by atoms with Crippen molar-refractivity contribution in [2.45, 2.75) is 6.10 Å². The topological polar surface area (TPSA) is 12.5 Å². The third-order valence-corrected chi connectivity index (χ3v) is 4.37. The fraction of sp³-hybridized carbons (Fsp3) is 0.222. The van der Waals surface area contributed by atoms with Gasteiger partial charge >= 0.3 is 0 Å². The van der Waals surface area contributed by atoms with Gasteiger partial charge < -0.3 is 9.64 Å². The highest BCUT2D eigenvalue weighted by Crippen LogP contribution is 2.31. The first-order valence-electron chi connectivity index (χ1n) is 7.06. The van der Waals surface area contributed by atoms with Crippen molar-refractivity contribution in [3.8, 4) is 5.75 Å². The first-order chi connectivity index (χ1) is 10.2. The van der Waals surface area contributed by atoms with E-state index in [1.807, 2.05) is 0 Å². The zero-order valence-corrected chi connectivity index (χ0v) is 13.1.